The van der Waals surface area contributed by atoms with E-state index in [-0.39, 0.29) is 29.6 Å². The number of carbonyl (C=O) groups excluding carboxylic acids is 2. The van der Waals surface area contributed by atoms with Crippen LogP contribution in [0, 0.1) is 0 Å². The largest absolute Gasteiger partial charge is 0.376 e. The van der Waals surface area contributed by atoms with Crippen LogP contribution >= 0.6 is 0 Å². The maximum absolute atomic E-state index is 12.9. The fourth-order valence-corrected chi connectivity index (χ4v) is 4.21. The van der Waals surface area contributed by atoms with Gasteiger partial charge in [-0.1, -0.05) is 6.07 Å². The molecule has 3 rings (SSSR count). The molecule has 1 aromatic rings. The van der Waals surface area contributed by atoms with Crippen LogP contribution in [0.5, 0.6) is 0 Å². The van der Waals surface area contributed by atoms with E-state index in [1.807, 2.05) is 18.7 Å². The third-order valence-corrected chi connectivity index (χ3v) is 5.73. The number of carbonyl (C=O) groups is 2. The lowest BCUT2D eigenvalue weighted by atomic mass is 9.83. The summed E-state index contributed by atoms with van der Waals surface area (Å²) in [5, 5.41) is 2.73. The van der Waals surface area contributed by atoms with Crippen LogP contribution in [-0.4, -0.2) is 67.4 Å². The van der Waals surface area contributed by atoms with Gasteiger partial charge in [0.1, 0.15) is 0 Å². The Morgan fingerprint density at radius 1 is 1.27 bits per heavy atom. The molecule has 0 aliphatic carbocycles. The highest BCUT2D eigenvalue weighted by atomic mass is 16.5. The Hall–Kier alpha value is -1.96. The lowest BCUT2D eigenvalue weighted by Crippen LogP contribution is -2.52. The van der Waals surface area contributed by atoms with E-state index in [4.69, 9.17) is 14.2 Å². The first-order chi connectivity index (χ1) is 14.4. The summed E-state index contributed by atoms with van der Waals surface area (Å²) >= 11 is 0. The molecular weight excluding hydrogens is 384 g/mol. The summed E-state index contributed by atoms with van der Waals surface area (Å²) in [5.74, 6) is -0.159. The molecule has 0 saturated carbocycles. The molecule has 7 heteroatoms. The maximum atomic E-state index is 12.9. The lowest BCUT2D eigenvalue weighted by molar-refractivity contribution is -0.156. The van der Waals surface area contributed by atoms with Gasteiger partial charge in [-0.15, -0.1) is 0 Å². The van der Waals surface area contributed by atoms with Crippen molar-refractivity contribution < 1.29 is 23.8 Å². The molecule has 1 atom stereocenters. The Morgan fingerprint density at radius 3 is 2.73 bits per heavy atom. The van der Waals surface area contributed by atoms with E-state index >= 15 is 0 Å². The van der Waals surface area contributed by atoms with Crippen molar-refractivity contribution in [1.29, 1.82) is 0 Å². The second-order valence-electron chi connectivity index (χ2n) is 8.49. The summed E-state index contributed by atoms with van der Waals surface area (Å²) < 4.78 is 17.8. The minimum Gasteiger partial charge on any atom is -0.376 e. The van der Waals surface area contributed by atoms with Crippen molar-refractivity contribution in [2.45, 2.75) is 64.3 Å². The number of rotatable bonds is 7. The fraction of sp³-hybridized carbons (Fsp3) is 0.652. The highest BCUT2D eigenvalue weighted by Gasteiger charge is 2.41. The lowest BCUT2D eigenvalue weighted by Gasteiger charge is -2.46. The monoisotopic (exact) mass is 418 g/mol. The average Bonchev–Trinajstić information content (AvgIpc) is 2.71. The molecule has 1 unspecified atom stereocenters. The van der Waals surface area contributed by atoms with Crippen LogP contribution in [0.25, 0.3) is 0 Å². The smallest absolute Gasteiger partial charge is 0.253 e. The van der Waals surface area contributed by atoms with Crippen LogP contribution in [0.15, 0.2) is 24.3 Å². The second kappa shape index (κ2) is 10.4. The first kappa shape index (κ1) is 22.7. The normalized spacial score (nSPS) is 21.1. The van der Waals surface area contributed by atoms with Gasteiger partial charge in [-0.05, 0) is 51.3 Å². The molecule has 2 aliphatic heterocycles. The molecule has 166 valence electrons. The third kappa shape index (κ3) is 6.27. The molecule has 0 bridgehead atoms. The maximum Gasteiger partial charge on any atom is 0.253 e. The molecule has 2 saturated heterocycles. The van der Waals surface area contributed by atoms with Gasteiger partial charge < -0.3 is 24.4 Å². The Morgan fingerprint density at radius 2 is 2.03 bits per heavy atom. The number of benzene rings is 1. The number of piperidine rings is 1. The van der Waals surface area contributed by atoms with Gasteiger partial charge in [0, 0.05) is 44.3 Å². The molecule has 1 spiro atoms. The zero-order valence-corrected chi connectivity index (χ0v) is 18.3. The topological polar surface area (TPSA) is 77.1 Å². The van der Waals surface area contributed by atoms with Crippen LogP contribution in [0.3, 0.4) is 0 Å². The van der Waals surface area contributed by atoms with Crippen molar-refractivity contribution in [3.63, 3.8) is 0 Å². The Balaban J connectivity index is 1.51. The van der Waals surface area contributed by atoms with Crippen LogP contribution in [0.4, 0.5) is 5.69 Å². The molecule has 0 aromatic heterocycles. The van der Waals surface area contributed by atoms with Gasteiger partial charge >= 0.3 is 0 Å². The fourth-order valence-electron chi connectivity index (χ4n) is 4.21. The standard InChI is InChI=1S/C23H34N2O5/c1-17(2)28-13-14-29-21-7-12-30-23(16-21)8-10-25(11-9-23)22(27)19-5-4-6-20(15-19)24-18(3)26/h4-6,15,17,21H,7-14,16H2,1-3H3,(H,24,26). The van der Waals surface area contributed by atoms with Gasteiger partial charge in [-0.3, -0.25) is 9.59 Å². The van der Waals surface area contributed by atoms with Gasteiger partial charge in [0.25, 0.3) is 5.91 Å². The first-order valence-electron chi connectivity index (χ1n) is 10.9. The molecule has 1 N–H and O–H groups in total. The molecule has 7 nitrogen and oxygen atoms in total. The molecule has 2 fully saturated rings. The van der Waals surface area contributed by atoms with E-state index in [9.17, 15) is 9.59 Å². The first-order valence-corrected chi connectivity index (χ1v) is 10.9. The number of hydrogen-bond donors (Lipinski definition) is 1. The predicted molar refractivity (Wildman–Crippen MR) is 115 cm³/mol. The summed E-state index contributed by atoms with van der Waals surface area (Å²) in [6.45, 7) is 8.73. The highest BCUT2D eigenvalue weighted by Crippen LogP contribution is 2.36. The quantitative estimate of drug-likeness (QED) is 0.688. The summed E-state index contributed by atoms with van der Waals surface area (Å²) in [7, 11) is 0. The molecule has 30 heavy (non-hydrogen) atoms. The summed E-state index contributed by atoms with van der Waals surface area (Å²) in [6.07, 6.45) is 3.80. The number of hydrogen-bond acceptors (Lipinski definition) is 5. The van der Waals surface area contributed by atoms with Crippen LogP contribution in [-0.2, 0) is 19.0 Å². The van der Waals surface area contributed by atoms with E-state index in [1.54, 1.807) is 24.3 Å². The number of nitrogens with one attached hydrogen (secondary N) is 1. The molecular formula is C23H34N2O5. The van der Waals surface area contributed by atoms with Crippen LogP contribution in [0.1, 0.15) is 56.8 Å². The van der Waals surface area contributed by atoms with Gasteiger partial charge in [0.15, 0.2) is 0 Å². The van der Waals surface area contributed by atoms with E-state index in [0.29, 0.717) is 44.2 Å². The summed E-state index contributed by atoms with van der Waals surface area (Å²) in [5.41, 5.74) is 1.03. The van der Waals surface area contributed by atoms with Crippen molar-refractivity contribution in [2.75, 3.05) is 38.2 Å². The van der Waals surface area contributed by atoms with Gasteiger partial charge in [-0.25, -0.2) is 0 Å². The summed E-state index contributed by atoms with van der Waals surface area (Å²) in [6, 6.07) is 7.09. The molecule has 1 aromatic carbocycles. The number of nitrogens with zero attached hydrogens (tertiary/aromatic N) is 1. The van der Waals surface area contributed by atoms with Crippen molar-refractivity contribution >= 4 is 17.5 Å². The number of amides is 2. The predicted octanol–water partition coefficient (Wildman–Crippen LogP) is 3.24. The minimum absolute atomic E-state index is 0.00787. The van der Waals surface area contributed by atoms with Gasteiger partial charge in [0.05, 0.1) is 31.0 Å². The number of anilines is 1. The number of likely N-dealkylation sites (tertiary alicyclic amines) is 1. The molecule has 2 heterocycles. The van der Waals surface area contributed by atoms with E-state index in [2.05, 4.69) is 5.32 Å². The average molecular weight is 419 g/mol. The van der Waals surface area contributed by atoms with Crippen molar-refractivity contribution in [1.82, 2.24) is 4.90 Å². The van der Waals surface area contributed by atoms with Crippen molar-refractivity contribution in [3.8, 4) is 0 Å². The summed E-state index contributed by atoms with van der Waals surface area (Å²) in [4.78, 5) is 26.1. The van der Waals surface area contributed by atoms with Crippen LogP contribution in [0.2, 0.25) is 0 Å². The third-order valence-electron chi connectivity index (χ3n) is 5.73. The Bertz CT molecular complexity index is 728. The Labute approximate surface area is 179 Å². The zero-order valence-electron chi connectivity index (χ0n) is 18.3. The van der Waals surface area contributed by atoms with E-state index < -0.39 is 0 Å². The SMILES string of the molecule is CC(=O)Nc1cccc(C(=O)N2CCC3(CC2)CC(OCCOC(C)C)CCO3)c1. The van der Waals surface area contributed by atoms with Gasteiger partial charge in [0.2, 0.25) is 5.91 Å². The molecule has 2 amide bonds. The van der Waals surface area contributed by atoms with Gasteiger partial charge in [-0.2, -0.15) is 0 Å². The van der Waals surface area contributed by atoms with E-state index in [1.165, 1.54) is 6.92 Å². The van der Waals surface area contributed by atoms with Crippen LogP contribution < -0.4 is 5.32 Å². The van der Waals surface area contributed by atoms with Crippen molar-refractivity contribution in [3.05, 3.63) is 29.8 Å². The Kier molecular flexibility index (Phi) is 7.86. The van der Waals surface area contributed by atoms with E-state index in [0.717, 1.165) is 25.7 Å². The second-order valence-corrected chi connectivity index (χ2v) is 8.49. The minimum atomic E-state index is -0.198. The van der Waals surface area contributed by atoms with Crippen molar-refractivity contribution in [2.24, 2.45) is 0 Å². The zero-order chi connectivity index (χ0) is 21.6. The number of ether oxygens (including phenoxy) is 3. The highest BCUT2D eigenvalue weighted by molar-refractivity contribution is 5.96. The molecule has 0 radical (unpaired) electrons. The molecule has 2 aliphatic rings.